The van der Waals surface area contributed by atoms with Gasteiger partial charge in [0.1, 0.15) is 0 Å². The fourth-order valence-corrected chi connectivity index (χ4v) is 2.25. The molecule has 5 heteroatoms. The Labute approximate surface area is 118 Å². The molecule has 2 rings (SSSR count). The van der Waals surface area contributed by atoms with E-state index < -0.39 is 11.9 Å². The number of carbonyl (C=O) groups excluding carboxylic acids is 1. The van der Waals surface area contributed by atoms with Crippen molar-refractivity contribution in [1.82, 2.24) is 4.90 Å². The molecule has 1 unspecified atom stereocenters. The van der Waals surface area contributed by atoms with Gasteiger partial charge >= 0.3 is 5.97 Å². The van der Waals surface area contributed by atoms with Gasteiger partial charge < -0.3 is 14.7 Å². The second-order valence-electron chi connectivity index (χ2n) is 5.06. The molecule has 1 aromatic carbocycles. The van der Waals surface area contributed by atoms with Crippen LogP contribution in [0.4, 0.5) is 0 Å². The molecular weight excluding hydrogens is 258 g/mol. The number of aliphatic carboxylic acids is 1. The summed E-state index contributed by atoms with van der Waals surface area (Å²) in [7, 11) is 0. The molecule has 1 aliphatic heterocycles. The molecule has 1 aliphatic rings. The van der Waals surface area contributed by atoms with E-state index in [0.29, 0.717) is 25.3 Å². The summed E-state index contributed by atoms with van der Waals surface area (Å²) in [6.45, 7) is 5.30. The standard InChI is InChI=1S/C15H19NO4/c1-3-16(7-10(2)15(18)19)14(17)11-4-5-12-8-20-9-13(12)6-11/h4-6,10H,3,7-9H2,1-2H3,(H,18,19). The van der Waals surface area contributed by atoms with Gasteiger partial charge in [-0.15, -0.1) is 0 Å². The van der Waals surface area contributed by atoms with E-state index in [1.807, 2.05) is 19.1 Å². The number of carbonyl (C=O) groups is 2. The van der Waals surface area contributed by atoms with Crippen LogP contribution in [0.15, 0.2) is 18.2 Å². The third kappa shape index (κ3) is 2.99. The van der Waals surface area contributed by atoms with Gasteiger partial charge in [-0.25, -0.2) is 0 Å². The van der Waals surface area contributed by atoms with E-state index in [9.17, 15) is 9.59 Å². The third-order valence-electron chi connectivity index (χ3n) is 3.55. The maximum Gasteiger partial charge on any atom is 0.308 e. The monoisotopic (exact) mass is 277 g/mol. The Hall–Kier alpha value is -1.88. The lowest BCUT2D eigenvalue weighted by atomic mass is 10.0. The number of ether oxygens (including phenoxy) is 1. The fraction of sp³-hybridized carbons (Fsp3) is 0.467. The molecule has 1 amide bonds. The number of rotatable bonds is 5. The van der Waals surface area contributed by atoms with Gasteiger partial charge in [-0.1, -0.05) is 13.0 Å². The lowest BCUT2D eigenvalue weighted by molar-refractivity contribution is -0.141. The predicted molar refractivity (Wildman–Crippen MR) is 73.3 cm³/mol. The summed E-state index contributed by atoms with van der Waals surface area (Å²) in [5.74, 6) is -1.59. The lowest BCUT2D eigenvalue weighted by Gasteiger charge is -2.23. The number of fused-ring (bicyclic) bond motifs is 1. The van der Waals surface area contributed by atoms with Crippen molar-refractivity contribution in [1.29, 1.82) is 0 Å². The summed E-state index contributed by atoms with van der Waals surface area (Å²) in [5.41, 5.74) is 2.75. The van der Waals surface area contributed by atoms with Crippen LogP contribution in [-0.4, -0.2) is 35.0 Å². The zero-order chi connectivity index (χ0) is 14.7. The van der Waals surface area contributed by atoms with E-state index in [-0.39, 0.29) is 12.5 Å². The number of hydrogen-bond acceptors (Lipinski definition) is 3. The summed E-state index contributed by atoms with van der Waals surface area (Å²) in [6, 6.07) is 5.53. The van der Waals surface area contributed by atoms with Crippen molar-refractivity contribution in [2.24, 2.45) is 5.92 Å². The van der Waals surface area contributed by atoms with Gasteiger partial charge in [0.2, 0.25) is 0 Å². The summed E-state index contributed by atoms with van der Waals surface area (Å²) in [4.78, 5) is 24.9. The minimum atomic E-state index is -0.890. The summed E-state index contributed by atoms with van der Waals surface area (Å²) < 4.78 is 5.33. The molecule has 0 spiro atoms. The van der Waals surface area contributed by atoms with Crippen molar-refractivity contribution in [3.8, 4) is 0 Å². The lowest BCUT2D eigenvalue weighted by Crippen LogP contribution is -2.36. The fourth-order valence-electron chi connectivity index (χ4n) is 2.25. The molecule has 0 aliphatic carbocycles. The number of nitrogens with zero attached hydrogens (tertiary/aromatic N) is 1. The molecule has 1 atom stereocenters. The zero-order valence-corrected chi connectivity index (χ0v) is 11.8. The molecule has 0 saturated heterocycles. The molecule has 0 saturated carbocycles. The average Bonchev–Trinajstić information content (AvgIpc) is 2.90. The Morgan fingerprint density at radius 1 is 1.35 bits per heavy atom. The van der Waals surface area contributed by atoms with Crippen LogP contribution in [0.5, 0.6) is 0 Å². The molecule has 1 N–H and O–H groups in total. The van der Waals surface area contributed by atoms with Gasteiger partial charge in [0.05, 0.1) is 19.1 Å². The average molecular weight is 277 g/mol. The van der Waals surface area contributed by atoms with Gasteiger partial charge in [-0.2, -0.15) is 0 Å². The quantitative estimate of drug-likeness (QED) is 0.892. The Balaban J connectivity index is 2.14. The van der Waals surface area contributed by atoms with Crippen LogP contribution < -0.4 is 0 Å². The Bertz CT molecular complexity index is 527. The van der Waals surface area contributed by atoms with Crippen molar-refractivity contribution in [2.75, 3.05) is 13.1 Å². The Morgan fingerprint density at radius 2 is 2.05 bits per heavy atom. The highest BCUT2D eigenvalue weighted by Crippen LogP contribution is 2.21. The molecule has 0 aromatic heterocycles. The van der Waals surface area contributed by atoms with Gasteiger partial charge in [0.25, 0.3) is 5.91 Å². The molecule has 108 valence electrons. The molecule has 1 heterocycles. The highest BCUT2D eigenvalue weighted by Gasteiger charge is 2.21. The van der Waals surface area contributed by atoms with Crippen LogP contribution in [0, 0.1) is 5.92 Å². The maximum absolute atomic E-state index is 12.4. The normalized spacial score (nSPS) is 14.7. The van der Waals surface area contributed by atoms with Crippen LogP contribution >= 0.6 is 0 Å². The first-order valence-electron chi connectivity index (χ1n) is 6.74. The minimum Gasteiger partial charge on any atom is -0.481 e. The van der Waals surface area contributed by atoms with Crippen molar-refractivity contribution >= 4 is 11.9 Å². The predicted octanol–water partition coefficient (Wildman–Crippen LogP) is 1.90. The van der Waals surface area contributed by atoms with Gasteiger partial charge in [-0.3, -0.25) is 9.59 Å². The van der Waals surface area contributed by atoms with Gasteiger partial charge in [0, 0.05) is 18.7 Å². The number of amides is 1. The molecule has 5 nitrogen and oxygen atoms in total. The van der Waals surface area contributed by atoms with E-state index >= 15 is 0 Å². The first-order valence-corrected chi connectivity index (χ1v) is 6.74. The molecule has 1 aromatic rings. The van der Waals surface area contributed by atoms with Crippen LogP contribution in [-0.2, 0) is 22.7 Å². The summed E-state index contributed by atoms with van der Waals surface area (Å²) in [6.07, 6.45) is 0. The molecule has 20 heavy (non-hydrogen) atoms. The highest BCUT2D eigenvalue weighted by atomic mass is 16.5. The minimum absolute atomic E-state index is 0.129. The van der Waals surface area contributed by atoms with Crippen LogP contribution in [0.25, 0.3) is 0 Å². The van der Waals surface area contributed by atoms with Crippen molar-refractivity contribution in [2.45, 2.75) is 27.1 Å². The second-order valence-corrected chi connectivity index (χ2v) is 5.06. The highest BCUT2D eigenvalue weighted by molar-refractivity contribution is 5.94. The third-order valence-corrected chi connectivity index (χ3v) is 3.55. The zero-order valence-electron chi connectivity index (χ0n) is 11.8. The molecule has 0 bridgehead atoms. The molecular formula is C15H19NO4. The van der Waals surface area contributed by atoms with Gasteiger partial charge in [0.15, 0.2) is 0 Å². The SMILES string of the molecule is CCN(CC(C)C(=O)O)C(=O)c1ccc2c(c1)COC2. The molecule has 0 fully saturated rings. The largest absolute Gasteiger partial charge is 0.481 e. The van der Waals surface area contributed by atoms with E-state index in [1.54, 1.807) is 17.9 Å². The number of hydrogen-bond donors (Lipinski definition) is 1. The van der Waals surface area contributed by atoms with E-state index in [4.69, 9.17) is 9.84 Å². The maximum atomic E-state index is 12.4. The number of carboxylic acid groups (broad SMARTS) is 1. The van der Waals surface area contributed by atoms with Gasteiger partial charge in [-0.05, 0) is 30.2 Å². The van der Waals surface area contributed by atoms with Crippen molar-refractivity contribution in [3.05, 3.63) is 34.9 Å². The summed E-state index contributed by atoms with van der Waals surface area (Å²) in [5, 5.41) is 8.95. The van der Waals surface area contributed by atoms with E-state index in [0.717, 1.165) is 11.1 Å². The number of benzene rings is 1. The van der Waals surface area contributed by atoms with E-state index in [1.165, 1.54) is 0 Å². The second kappa shape index (κ2) is 6.05. The van der Waals surface area contributed by atoms with Crippen LogP contribution in [0.3, 0.4) is 0 Å². The smallest absolute Gasteiger partial charge is 0.308 e. The van der Waals surface area contributed by atoms with Crippen LogP contribution in [0.2, 0.25) is 0 Å². The summed E-state index contributed by atoms with van der Waals surface area (Å²) >= 11 is 0. The first-order chi connectivity index (χ1) is 9.52. The van der Waals surface area contributed by atoms with Crippen molar-refractivity contribution < 1.29 is 19.4 Å². The topological polar surface area (TPSA) is 66.8 Å². The first kappa shape index (κ1) is 14.5. The molecule has 0 radical (unpaired) electrons. The Kier molecular flexibility index (Phi) is 4.39. The van der Waals surface area contributed by atoms with Crippen LogP contribution in [0.1, 0.15) is 35.3 Å². The Morgan fingerprint density at radius 3 is 2.70 bits per heavy atom. The van der Waals surface area contributed by atoms with E-state index in [2.05, 4.69) is 0 Å². The van der Waals surface area contributed by atoms with Crippen molar-refractivity contribution in [3.63, 3.8) is 0 Å². The number of carboxylic acids is 1.